The fourth-order valence-electron chi connectivity index (χ4n) is 2.49. The van der Waals surface area contributed by atoms with Crippen LogP contribution in [-0.2, 0) is 6.18 Å². The summed E-state index contributed by atoms with van der Waals surface area (Å²) in [4.78, 5) is 5.69. The molecule has 0 spiro atoms. The van der Waals surface area contributed by atoms with Gasteiger partial charge in [0.15, 0.2) is 0 Å². The van der Waals surface area contributed by atoms with E-state index in [0.29, 0.717) is 11.7 Å². The lowest BCUT2D eigenvalue weighted by Crippen LogP contribution is -2.39. The summed E-state index contributed by atoms with van der Waals surface area (Å²) in [6, 6.07) is 4.09. The quantitative estimate of drug-likeness (QED) is 0.917. The van der Waals surface area contributed by atoms with Crippen molar-refractivity contribution in [1.29, 1.82) is 0 Å². The topological polar surface area (TPSA) is 28.2 Å². The summed E-state index contributed by atoms with van der Waals surface area (Å²) in [5.41, 5.74) is -0.819. The van der Waals surface area contributed by atoms with Crippen LogP contribution < -0.4 is 10.2 Å². The molecule has 1 saturated heterocycles. The third kappa shape index (κ3) is 3.59. The zero-order valence-corrected chi connectivity index (χ0v) is 10.9. The molecule has 1 unspecified atom stereocenters. The first-order chi connectivity index (χ1) is 9.00. The molecule has 1 fully saturated rings. The Hall–Kier alpha value is -1.30. The first-order valence-electron chi connectivity index (χ1n) is 6.44. The lowest BCUT2D eigenvalue weighted by molar-refractivity contribution is -0.141. The van der Waals surface area contributed by atoms with Crippen molar-refractivity contribution >= 4 is 5.82 Å². The van der Waals surface area contributed by atoms with Crippen molar-refractivity contribution in [3.05, 3.63) is 23.9 Å². The summed E-state index contributed by atoms with van der Waals surface area (Å²) < 4.78 is 37.9. The Morgan fingerprint density at radius 2 is 2.21 bits per heavy atom. The van der Waals surface area contributed by atoms with E-state index in [2.05, 4.69) is 10.3 Å². The summed E-state index contributed by atoms with van der Waals surface area (Å²) in [5.74, 6) is 0.894. The Morgan fingerprint density at radius 1 is 1.42 bits per heavy atom. The zero-order valence-electron chi connectivity index (χ0n) is 10.9. The van der Waals surface area contributed by atoms with E-state index in [1.165, 1.54) is 6.07 Å². The maximum Gasteiger partial charge on any atom is 0.433 e. The van der Waals surface area contributed by atoms with Gasteiger partial charge in [-0.3, -0.25) is 0 Å². The Kier molecular flexibility index (Phi) is 4.29. The van der Waals surface area contributed by atoms with E-state index < -0.39 is 11.9 Å². The van der Waals surface area contributed by atoms with E-state index >= 15 is 0 Å². The Balaban J connectivity index is 2.13. The van der Waals surface area contributed by atoms with Gasteiger partial charge in [-0.2, -0.15) is 13.2 Å². The monoisotopic (exact) mass is 273 g/mol. The molecular formula is C13H18F3N3. The van der Waals surface area contributed by atoms with Gasteiger partial charge in [-0.05, 0) is 44.5 Å². The average molecular weight is 273 g/mol. The molecule has 1 atom stereocenters. The van der Waals surface area contributed by atoms with E-state index in [0.717, 1.165) is 38.5 Å². The number of hydrogen-bond acceptors (Lipinski definition) is 3. The van der Waals surface area contributed by atoms with Crippen LogP contribution in [0, 0.1) is 5.92 Å². The maximum atomic E-state index is 12.6. The lowest BCUT2D eigenvalue weighted by Gasteiger charge is -2.33. The van der Waals surface area contributed by atoms with Crippen molar-refractivity contribution in [2.45, 2.75) is 19.0 Å². The third-order valence-corrected chi connectivity index (χ3v) is 3.36. The van der Waals surface area contributed by atoms with Gasteiger partial charge in [-0.1, -0.05) is 6.07 Å². The predicted octanol–water partition coefficient (Wildman–Crippen LogP) is 2.54. The van der Waals surface area contributed by atoms with Crippen molar-refractivity contribution in [2.24, 2.45) is 5.92 Å². The third-order valence-electron chi connectivity index (χ3n) is 3.36. The van der Waals surface area contributed by atoms with Crippen molar-refractivity contribution in [3.63, 3.8) is 0 Å². The SMILES string of the molecule is CNCC1CCCN(c2cccc(C(F)(F)F)n2)C1. The Bertz CT molecular complexity index is 418. The number of hydrogen-bond donors (Lipinski definition) is 1. The summed E-state index contributed by atoms with van der Waals surface area (Å²) in [6.45, 7) is 2.42. The van der Waals surface area contributed by atoms with Gasteiger partial charge >= 0.3 is 6.18 Å². The molecule has 3 nitrogen and oxygen atoms in total. The molecule has 2 rings (SSSR count). The van der Waals surface area contributed by atoms with Gasteiger partial charge < -0.3 is 10.2 Å². The molecule has 1 aromatic heterocycles. The number of aromatic nitrogens is 1. The van der Waals surface area contributed by atoms with Crippen LogP contribution >= 0.6 is 0 Å². The molecule has 0 saturated carbocycles. The smallest absolute Gasteiger partial charge is 0.356 e. The minimum Gasteiger partial charge on any atom is -0.356 e. The van der Waals surface area contributed by atoms with Gasteiger partial charge in [0.2, 0.25) is 0 Å². The number of nitrogens with one attached hydrogen (secondary N) is 1. The largest absolute Gasteiger partial charge is 0.433 e. The highest BCUT2D eigenvalue weighted by Crippen LogP contribution is 2.29. The highest BCUT2D eigenvalue weighted by atomic mass is 19.4. The van der Waals surface area contributed by atoms with Crippen LogP contribution in [0.5, 0.6) is 0 Å². The van der Waals surface area contributed by atoms with Crippen LogP contribution in [0.25, 0.3) is 0 Å². The molecule has 1 N–H and O–H groups in total. The number of pyridine rings is 1. The summed E-state index contributed by atoms with van der Waals surface area (Å²) in [5, 5.41) is 3.12. The van der Waals surface area contributed by atoms with Crippen LogP contribution in [0.1, 0.15) is 18.5 Å². The van der Waals surface area contributed by atoms with E-state index in [-0.39, 0.29) is 0 Å². The van der Waals surface area contributed by atoms with Gasteiger partial charge in [-0.25, -0.2) is 4.98 Å². The second-order valence-electron chi connectivity index (χ2n) is 4.89. The minimum absolute atomic E-state index is 0.427. The van der Waals surface area contributed by atoms with Gasteiger partial charge in [0.1, 0.15) is 11.5 Å². The minimum atomic E-state index is -4.38. The van der Waals surface area contributed by atoms with Crippen LogP contribution in [0.4, 0.5) is 19.0 Å². The molecule has 0 aromatic carbocycles. The Labute approximate surface area is 110 Å². The molecule has 0 aliphatic carbocycles. The fraction of sp³-hybridized carbons (Fsp3) is 0.615. The number of rotatable bonds is 3. The summed E-state index contributed by atoms with van der Waals surface area (Å²) in [7, 11) is 1.89. The molecule has 19 heavy (non-hydrogen) atoms. The van der Waals surface area contributed by atoms with Crippen LogP contribution in [0.2, 0.25) is 0 Å². The van der Waals surface area contributed by atoms with Crippen molar-refractivity contribution in [2.75, 3.05) is 31.6 Å². The molecule has 0 amide bonds. The Morgan fingerprint density at radius 3 is 2.89 bits per heavy atom. The van der Waals surface area contributed by atoms with Gasteiger partial charge in [0, 0.05) is 13.1 Å². The first-order valence-corrected chi connectivity index (χ1v) is 6.44. The maximum absolute atomic E-state index is 12.6. The van der Waals surface area contributed by atoms with Crippen LogP contribution in [0.3, 0.4) is 0 Å². The normalized spacial score (nSPS) is 20.6. The predicted molar refractivity (Wildman–Crippen MR) is 68.1 cm³/mol. The highest BCUT2D eigenvalue weighted by molar-refractivity contribution is 5.40. The molecule has 1 aliphatic heterocycles. The number of anilines is 1. The number of nitrogens with zero attached hydrogens (tertiary/aromatic N) is 2. The van der Waals surface area contributed by atoms with E-state index in [9.17, 15) is 13.2 Å². The van der Waals surface area contributed by atoms with Crippen molar-refractivity contribution < 1.29 is 13.2 Å². The summed E-state index contributed by atoms with van der Waals surface area (Å²) >= 11 is 0. The van der Waals surface area contributed by atoms with E-state index in [1.54, 1.807) is 6.07 Å². The van der Waals surface area contributed by atoms with Crippen molar-refractivity contribution in [3.8, 4) is 0 Å². The van der Waals surface area contributed by atoms with Gasteiger partial charge in [-0.15, -0.1) is 0 Å². The van der Waals surface area contributed by atoms with Crippen LogP contribution in [0.15, 0.2) is 18.2 Å². The van der Waals surface area contributed by atoms with E-state index in [1.807, 2.05) is 11.9 Å². The molecular weight excluding hydrogens is 255 g/mol. The fourth-order valence-corrected chi connectivity index (χ4v) is 2.49. The molecule has 0 bridgehead atoms. The summed E-state index contributed by atoms with van der Waals surface area (Å²) in [6.07, 6.45) is -2.28. The number of alkyl halides is 3. The lowest BCUT2D eigenvalue weighted by atomic mass is 9.98. The molecule has 1 aliphatic rings. The number of piperidine rings is 1. The first kappa shape index (κ1) is 14.1. The molecule has 1 aromatic rings. The van der Waals surface area contributed by atoms with Crippen LogP contribution in [-0.4, -0.2) is 31.7 Å². The van der Waals surface area contributed by atoms with Gasteiger partial charge in [0.05, 0.1) is 0 Å². The van der Waals surface area contributed by atoms with Gasteiger partial charge in [0.25, 0.3) is 0 Å². The molecule has 106 valence electrons. The molecule has 0 radical (unpaired) electrons. The second-order valence-corrected chi connectivity index (χ2v) is 4.89. The highest BCUT2D eigenvalue weighted by Gasteiger charge is 2.33. The van der Waals surface area contributed by atoms with Crippen molar-refractivity contribution in [1.82, 2.24) is 10.3 Å². The molecule has 6 heteroatoms. The second kappa shape index (κ2) is 5.77. The van der Waals surface area contributed by atoms with E-state index in [4.69, 9.17) is 0 Å². The zero-order chi connectivity index (χ0) is 13.9. The molecule has 2 heterocycles. The standard InChI is InChI=1S/C13H18F3N3/c1-17-8-10-4-3-7-19(9-10)12-6-2-5-11(18-12)13(14,15)16/h2,5-6,10,17H,3-4,7-9H2,1H3. The average Bonchev–Trinajstić information content (AvgIpc) is 2.39. The number of halogens is 3.